The van der Waals surface area contributed by atoms with Crippen LogP contribution in [-0.4, -0.2) is 30.6 Å². The Hall–Kier alpha value is -1.09. The van der Waals surface area contributed by atoms with Gasteiger partial charge in [-0.1, -0.05) is 20.8 Å². The number of nitrogens with one attached hydrogen (secondary N) is 2. The fourth-order valence-corrected chi connectivity index (χ4v) is 2.97. The maximum absolute atomic E-state index is 5.36. The fourth-order valence-electron chi connectivity index (χ4n) is 2.14. The van der Waals surface area contributed by atoms with Crippen molar-refractivity contribution in [3.63, 3.8) is 0 Å². The summed E-state index contributed by atoms with van der Waals surface area (Å²) in [5.41, 5.74) is 0. The van der Waals surface area contributed by atoms with Crippen LogP contribution >= 0.6 is 35.3 Å². The Labute approximate surface area is 171 Å². The molecular formula is C18H29IN4OS. The second-order valence-corrected chi connectivity index (χ2v) is 7.70. The van der Waals surface area contributed by atoms with Crippen LogP contribution in [0.3, 0.4) is 0 Å². The molecule has 0 radical (unpaired) electrons. The summed E-state index contributed by atoms with van der Waals surface area (Å²) in [6.45, 7) is 11.0. The molecule has 2 aromatic heterocycles. The van der Waals surface area contributed by atoms with Gasteiger partial charge in [-0.05, 0) is 25.0 Å². The highest BCUT2D eigenvalue weighted by Crippen LogP contribution is 2.20. The lowest BCUT2D eigenvalue weighted by Gasteiger charge is -2.15. The molecule has 0 spiro atoms. The lowest BCUT2D eigenvalue weighted by atomic mass is 10.2. The SMILES string of the molecule is Cc1cnc(C(C)CNC(=NCC(C)C)NCCc2ccco2)s1.I. The Morgan fingerprint density at radius 1 is 1.32 bits per heavy atom. The molecule has 25 heavy (non-hydrogen) atoms. The first-order chi connectivity index (χ1) is 11.5. The average molecular weight is 476 g/mol. The van der Waals surface area contributed by atoms with Crippen LogP contribution in [-0.2, 0) is 6.42 Å². The Bertz CT molecular complexity index is 625. The van der Waals surface area contributed by atoms with Gasteiger partial charge >= 0.3 is 0 Å². The maximum Gasteiger partial charge on any atom is 0.191 e. The summed E-state index contributed by atoms with van der Waals surface area (Å²) in [7, 11) is 0. The van der Waals surface area contributed by atoms with Crippen LogP contribution < -0.4 is 10.6 Å². The Morgan fingerprint density at radius 2 is 2.12 bits per heavy atom. The number of hydrogen-bond acceptors (Lipinski definition) is 4. The van der Waals surface area contributed by atoms with Crippen molar-refractivity contribution in [2.75, 3.05) is 19.6 Å². The average Bonchev–Trinajstić information content (AvgIpc) is 3.20. The molecule has 5 nitrogen and oxygen atoms in total. The van der Waals surface area contributed by atoms with E-state index in [4.69, 9.17) is 4.42 Å². The number of guanidine groups is 1. The molecule has 2 rings (SSSR count). The number of hydrogen-bond donors (Lipinski definition) is 2. The number of aromatic nitrogens is 1. The molecule has 2 heterocycles. The molecule has 0 saturated carbocycles. The predicted octanol–water partition coefficient (Wildman–Crippen LogP) is 4.20. The summed E-state index contributed by atoms with van der Waals surface area (Å²) in [4.78, 5) is 10.4. The Kier molecular flexibility index (Phi) is 10.1. The van der Waals surface area contributed by atoms with E-state index in [1.54, 1.807) is 17.6 Å². The highest BCUT2D eigenvalue weighted by molar-refractivity contribution is 14.0. The molecule has 2 aromatic rings. The molecule has 0 aliphatic heterocycles. The van der Waals surface area contributed by atoms with E-state index >= 15 is 0 Å². The van der Waals surface area contributed by atoms with E-state index in [2.05, 4.69) is 48.3 Å². The number of aliphatic imine (C=N–C) groups is 1. The van der Waals surface area contributed by atoms with E-state index in [0.717, 1.165) is 37.8 Å². The Balaban J connectivity index is 0.00000312. The Morgan fingerprint density at radius 3 is 2.72 bits per heavy atom. The van der Waals surface area contributed by atoms with E-state index < -0.39 is 0 Å². The minimum atomic E-state index is 0. The molecule has 0 aliphatic carbocycles. The van der Waals surface area contributed by atoms with Crippen LogP contribution in [0.15, 0.2) is 34.0 Å². The van der Waals surface area contributed by atoms with E-state index in [9.17, 15) is 0 Å². The molecule has 7 heteroatoms. The van der Waals surface area contributed by atoms with Crippen LogP contribution in [0.1, 0.15) is 42.3 Å². The third kappa shape index (κ3) is 8.22. The molecule has 0 aromatic carbocycles. The van der Waals surface area contributed by atoms with Crippen molar-refractivity contribution in [3.05, 3.63) is 40.2 Å². The summed E-state index contributed by atoms with van der Waals surface area (Å²) in [5, 5.41) is 7.99. The number of thiazole rings is 1. The first-order valence-electron chi connectivity index (χ1n) is 8.51. The standard InChI is InChI=1S/C18H28N4OS.HI/c1-13(2)10-21-18(19-8-7-16-6-5-9-23-16)22-11-14(3)17-20-12-15(4)24-17;/h5-6,9,12-14H,7-8,10-11H2,1-4H3,(H2,19,21,22);1H. The summed E-state index contributed by atoms with van der Waals surface area (Å²) in [5.74, 6) is 2.74. The van der Waals surface area contributed by atoms with Gasteiger partial charge in [0.1, 0.15) is 5.76 Å². The number of nitrogens with zero attached hydrogens (tertiary/aromatic N) is 2. The molecule has 0 amide bonds. The van der Waals surface area contributed by atoms with Gasteiger partial charge in [-0.25, -0.2) is 4.98 Å². The molecule has 0 saturated heterocycles. The van der Waals surface area contributed by atoms with Crippen molar-refractivity contribution in [3.8, 4) is 0 Å². The second kappa shape index (κ2) is 11.5. The molecule has 1 unspecified atom stereocenters. The minimum Gasteiger partial charge on any atom is -0.469 e. The van der Waals surface area contributed by atoms with Gasteiger partial charge in [0.25, 0.3) is 0 Å². The van der Waals surface area contributed by atoms with Crippen LogP contribution in [0.4, 0.5) is 0 Å². The highest BCUT2D eigenvalue weighted by Gasteiger charge is 2.10. The van der Waals surface area contributed by atoms with Gasteiger partial charge in [0.05, 0.1) is 11.3 Å². The van der Waals surface area contributed by atoms with Crippen LogP contribution in [0.25, 0.3) is 0 Å². The zero-order chi connectivity index (χ0) is 17.4. The van der Waals surface area contributed by atoms with E-state index in [0.29, 0.717) is 11.8 Å². The summed E-state index contributed by atoms with van der Waals surface area (Å²) < 4.78 is 5.36. The fraction of sp³-hybridized carbons (Fsp3) is 0.556. The van der Waals surface area contributed by atoms with Gasteiger partial charge in [-0.15, -0.1) is 35.3 Å². The molecule has 0 aliphatic rings. The zero-order valence-corrected chi connectivity index (χ0v) is 18.6. The molecular weight excluding hydrogens is 447 g/mol. The highest BCUT2D eigenvalue weighted by atomic mass is 127. The number of aryl methyl sites for hydroxylation is 1. The van der Waals surface area contributed by atoms with E-state index in [1.807, 2.05) is 18.3 Å². The third-order valence-electron chi connectivity index (χ3n) is 3.49. The third-order valence-corrected chi connectivity index (χ3v) is 4.64. The molecule has 140 valence electrons. The molecule has 1 atom stereocenters. The van der Waals surface area contributed by atoms with E-state index in [-0.39, 0.29) is 24.0 Å². The zero-order valence-electron chi connectivity index (χ0n) is 15.4. The maximum atomic E-state index is 5.36. The number of rotatable bonds is 8. The van der Waals surface area contributed by atoms with Crippen molar-refractivity contribution < 1.29 is 4.42 Å². The minimum absolute atomic E-state index is 0. The van der Waals surface area contributed by atoms with Gasteiger partial charge in [-0.3, -0.25) is 4.99 Å². The predicted molar refractivity (Wildman–Crippen MR) is 116 cm³/mol. The largest absolute Gasteiger partial charge is 0.469 e. The first kappa shape index (κ1) is 22.0. The second-order valence-electron chi connectivity index (χ2n) is 6.43. The topological polar surface area (TPSA) is 62.5 Å². The van der Waals surface area contributed by atoms with Crippen LogP contribution in [0.2, 0.25) is 0 Å². The molecule has 0 bridgehead atoms. The smallest absolute Gasteiger partial charge is 0.191 e. The lowest BCUT2D eigenvalue weighted by Crippen LogP contribution is -2.40. The molecule has 0 fully saturated rings. The van der Waals surface area contributed by atoms with Gasteiger partial charge in [0.15, 0.2) is 5.96 Å². The van der Waals surface area contributed by atoms with Crippen LogP contribution in [0.5, 0.6) is 0 Å². The van der Waals surface area contributed by atoms with Gasteiger partial charge in [0.2, 0.25) is 0 Å². The quantitative estimate of drug-likeness (QED) is 0.341. The van der Waals surface area contributed by atoms with Gasteiger partial charge in [0, 0.05) is 43.0 Å². The van der Waals surface area contributed by atoms with Crippen molar-refractivity contribution >= 4 is 41.3 Å². The monoisotopic (exact) mass is 476 g/mol. The normalized spacial score (nSPS) is 12.8. The summed E-state index contributed by atoms with van der Waals surface area (Å²) in [6, 6.07) is 3.91. The molecule has 2 N–H and O–H groups in total. The summed E-state index contributed by atoms with van der Waals surface area (Å²) >= 11 is 1.76. The van der Waals surface area contributed by atoms with Gasteiger partial charge in [-0.2, -0.15) is 0 Å². The van der Waals surface area contributed by atoms with Crippen molar-refractivity contribution in [2.45, 2.75) is 40.0 Å². The first-order valence-corrected chi connectivity index (χ1v) is 9.33. The number of halogens is 1. The lowest BCUT2D eigenvalue weighted by molar-refractivity contribution is 0.506. The number of furan rings is 1. The van der Waals surface area contributed by atoms with Crippen molar-refractivity contribution in [2.24, 2.45) is 10.9 Å². The van der Waals surface area contributed by atoms with E-state index in [1.165, 1.54) is 9.88 Å². The van der Waals surface area contributed by atoms with Crippen LogP contribution in [0, 0.1) is 12.8 Å². The van der Waals surface area contributed by atoms with Gasteiger partial charge < -0.3 is 15.1 Å². The van der Waals surface area contributed by atoms with Crippen molar-refractivity contribution in [1.82, 2.24) is 15.6 Å². The summed E-state index contributed by atoms with van der Waals surface area (Å²) in [6.07, 6.45) is 4.49. The van der Waals surface area contributed by atoms with Crippen molar-refractivity contribution in [1.29, 1.82) is 0 Å².